The Bertz CT molecular complexity index is 327. The minimum absolute atomic E-state index is 0.158. The Morgan fingerprint density at radius 3 is 2.38 bits per heavy atom. The molecule has 4 nitrogen and oxygen atoms in total. The summed E-state index contributed by atoms with van der Waals surface area (Å²) in [6.07, 6.45) is -2.12. The van der Waals surface area contributed by atoms with Gasteiger partial charge in [0.2, 0.25) is 0 Å². The summed E-state index contributed by atoms with van der Waals surface area (Å²) in [7, 11) is 0. The van der Waals surface area contributed by atoms with Gasteiger partial charge in [-0.2, -0.15) is 13.2 Å². The number of rotatable bonds is 5. The van der Waals surface area contributed by atoms with Crippen LogP contribution in [0, 0.1) is 0 Å². The van der Waals surface area contributed by atoms with Crippen molar-refractivity contribution in [2.75, 3.05) is 23.7 Å². The van der Waals surface area contributed by atoms with Gasteiger partial charge < -0.3 is 10.6 Å². The molecule has 0 aliphatic carbocycles. The summed E-state index contributed by atoms with van der Waals surface area (Å²) < 4.78 is 35.8. The molecule has 0 saturated heterocycles. The number of nitrogens with zero attached hydrogens (tertiary/aromatic N) is 2. The number of alkyl halides is 3. The van der Waals surface area contributed by atoms with E-state index in [-0.39, 0.29) is 5.82 Å². The molecule has 7 heteroatoms. The Balaban J connectivity index is 2.53. The van der Waals surface area contributed by atoms with Crippen molar-refractivity contribution in [2.24, 2.45) is 0 Å². The predicted molar refractivity (Wildman–Crippen MR) is 55.4 cm³/mol. The van der Waals surface area contributed by atoms with Gasteiger partial charge in [0.1, 0.15) is 24.5 Å². The number of hydrogen-bond acceptors (Lipinski definition) is 4. The van der Waals surface area contributed by atoms with Gasteiger partial charge in [0.15, 0.2) is 0 Å². The lowest BCUT2D eigenvalue weighted by Crippen LogP contribution is -2.21. The molecule has 0 bridgehead atoms. The first-order chi connectivity index (χ1) is 7.51. The molecule has 0 unspecified atom stereocenters. The first-order valence-electron chi connectivity index (χ1n) is 4.88. The zero-order valence-electron chi connectivity index (χ0n) is 8.80. The van der Waals surface area contributed by atoms with Crippen LogP contribution in [0.3, 0.4) is 0 Å². The molecule has 1 heterocycles. The van der Waals surface area contributed by atoms with Crippen molar-refractivity contribution in [3.63, 3.8) is 0 Å². The topological polar surface area (TPSA) is 49.8 Å². The van der Waals surface area contributed by atoms with Gasteiger partial charge in [-0.1, -0.05) is 6.92 Å². The number of hydrogen-bond donors (Lipinski definition) is 2. The monoisotopic (exact) mass is 234 g/mol. The summed E-state index contributed by atoms with van der Waals surface area (Å²) in [6.45, 7) is 1.60. The zero-order chi connectivity index (χ0) is 12.0. The summed E-state index contributed by atoms with van der Waals surface area (Å²) in [5.74, 6) is 0.674. The molecular weight excluding hydrogens is 221 g/mol. The van der Waals surface area contributed by atoms with E-state index in [0.29, 0.717) is 5.82 Å². The van der Waals surface area contributed by atoms with Crippen LogP contribution < -0.4 is 10.6 Å². The summed E-state index contributed by atoms with van der Waals surface area (Å²) >= 11 is 0. The minimum Gasteiger partial charge on any atom is -0.370 e. The van der Waals surface area contributed by atoms with Gasteiger partial charge in [-0.05, 0) is 6.42 Å². The molecule has 0 atom stereocenters. The van der Waals surface area contributed by atoms with E-state index in [9.17, 15) is 13.2 Å². The zero-order valence-corrected chi connectivity index (χ0v) is 8.80. The molecule has 90 valence electrons. The molecule has 0 aliphatic heterocycles. The van der Waals surface area contributed by atoms with E-state index in [1.165, 1.54) is 12.4 Å². The van der Waals surface area contributed by atoms with E-state index in [1.54, 1.807) is 0 Å². The molecular formula is C9H13F3N4. The fourth-order valence-corrected chi connectivity index (χ4v) is 0.995. The summed E-state index contributed by atoms with van der Waals surface area (Å²) in [5, 5.41) is 5.14. The van der Waals surface area contributed by atoms with Crippen LogP contribution in [0.15, 0.2) is 12.4 Å². The van der Waals surface area contributed by atoms with Crippen molar-refractivity contribution in [2.45, 2.75) is 19.5 Å². The molecule has 0 saturated carbocycles. The van der Waals surface area contributed by atoms with Crippen molar-refractivity contribution < 1.29 is 13.2 Å². The summed E-state index contributed by atoms with van der Waals surface area (Å²) in [4.78, 5) is 7.57. The van der Waals surface area contributed by atoms with Crippen molar-refractivity contribution in [1.29, 1.82) is 0 Å². The molecule has 2 N–H and O–H groups in total. The Morgan fingerprint density at radius 1 is 1.19 bits per heavy atom. The van der Waals surface area contributed by atoms with Crippen molar-refractivity contribution in [3.05, 3.63) is 12.4 Å². The van der Waals surface area contributed by atoms with E-state index in [1.807, 2.05) is 6.92 Å². The normalized spacial score (nSPS) is 11.2. The van der Waals surface area contributed by atoms with Crippen LogP contribution in [0.2, 0.25) is 0 Å². The summed E-state index contributed by atoms with van der Waals surface area (Å²) in [5.41, 5.74) is 0. The van der Waals surface area contributed by atoms with Crippen molar-refractivity contribution in [3.8, 4) is 0 Å². The molecule has 0 fully saturated rings. The smallest absolute Gasteiger partial charge is 0.370 e. The first-order valence-corrected chi connectivity index (χ1v) is 4.88. The highest BCUT2D eigenvalue weighted by Crippen LogP contribution is 2.16. The largest absolute Gasteiger partial charge is 0.405 e. The number of anilines is 2. The fraction of sp³-hybridized carbons (Fsp3) is 0.556. The van der Waals surface area contributed by atoms with Crippen LogP contribution in [-0.2, 0) is 0 Å². The fourth-order valence-electron chi connectivity index (χ4n) is 0.995. The van der Waals surface area contributed by atoms with Gasteiger partial charge in [-0.25, -0.2) is 9.97 Å². The standard InChI is InChI=1S/C9H13F3N4/c1-2-3-13-7-4-8(16-6-15-7)14-5-9(10,11)12/h4,6H,2-3,5H2,1H3,(H2,13,14,15,16). The second-order valence-corrected chi connectivity index (χ2v) is 3.18. The SMILES string of the molecule is CCCNc1cc(NCC(F)(F)F)ncn1. The lowest BCUT2D eigenvalue weighted by molar-refractivity contribution is -0.115. The van der Waals surface area contributed by atoms with Crippen molar-refractivity contribution >= 4 is 11.6 Å². The second kappa shape index (κ2) is 5.53. The van der Waals surface area contributed by atoms with Crippen LogP contribution in [0.5, 0.6) is 0 Å². The van der Waals surface area contributed by atoms with Gasteiger partial charge in [-0.3, -0.25) is 0 Å². The minimum atomic E-state index is -4.25. The Morgan fingerprint density at radius 2 is 1.81 bits per heavy atom. The number of halogens is 3. The highest BCUT2D eigenvalue weighted by Gasteiger charge is 2.26. The Labute approximate surface area is 91.3 Å². The third-order valence-electron chi connectivity index (χ3n) is 1.69. The van der Waals surface area contributed by atoms with Gasteiger partial charge in [-0.15, -0.1) is 0 Å². The quantitative estimate of drug-likeness (QED) is 0.820. The maximum atomic E-state index is 11.9. The van der Waals surface area contributed by atoms with E-state index in [0.717, 1.165) is 13.0 Å². The third-order valence-corrected chi connectivity index (χ3v) is 1.69. The first kappa shape index (κ1) is 12.5. The predicted octanol–water partition coefficient (Wildman–Crippen LogP) is 2.27. The van der Waals surface area contributed by atoms with E-state index < -0.39 is 12.7 Å². The highest BCUT2D eigenvalue weighted by molar-refractivity contribution is 5.46. The molecule has 16 heavy (non-hydrogen) atoms. The number of nitrogens with one attached hydrogen (secondary N) is 2. The van der Waals surface area contributed by atoms with Crippen LogP contribution in [0.25, 0.3) is 0 Å². The summed E-state index contributed by atoms with van der Waals surface area (Å²) in [6, 6.07) is 1.45. The van der Waals surface area contributed by atoms with Crippen LogP contribution >= 0.6 is 0 Å². The van der Waals surface area contributed by atoms with Crippen LogP contribution in [-0.4, -0.2) is 29.2 Å². The van der Waals surface area contributed by atoms with Gasteiger partial charge in [0, 0.05) is 12.6 Å². The average Bonchev–Trinajstić information content (AvgIpc) is 2.23. The van der Waals surface area contributed by atoms with Gasteiger partial charge >= 0.3 is 6.18 Å². The Kier molecular flexibility index (Phi) is 4.33. The van der Waals surface area contributed by atoms with Crippen LogP contribution in [0.4, 0.5) is 24.8 Å². The Hall–Kier alpha value is -1.53. The molecule has 0 radical (unpaired) electrons. The molecule has 0 spiro atoms. The molecule has 0 aliphatic rings. The molecule has 1 aromatic heterocycles. The van der Waals surface area contributed by atoms with Gasteiger partial charge in [0.05, 0.1) is 0 Å². The lowest BCUT2D eigenvalue weighted by Gasteiger charge is -2.09. The molecule has 0 aromatic carbocycles. The lowest BCUT2D eigenvalue weighted by atomic mass is 10.4. The van der Waals surface area contributed by atoms with Gasteiger partial charge in [0.25, 0.3) is 0 Å². The molecule has 1 rings (SSSR count). The molecule has 1 aromatic rings. The maximum absolute atomic E-state index is 11.9. The van der Waals surface area contributed by atoms with E-state index in [4.69, 9.17) is 0 Å². The van der Waals surface area contributed by atoms with E-state index in [2.05, 4.69) is 20.6 Å². The maximum Gasteiger partial charge on any atom is 0.405 e. The third kappa shape index (κ3) is 4.81. The van der Waals surface area contributed by atoms with E-state index >= 15 is 0 Å². The highest BCUT2D eigenvalue weighted by atomic mass is 19.4. The van der Waals surface area contributed by atoms with Crippen molar-refractivity contribution in [1.82, 2.24) is 9.97 Å². The number of aromatic nitrogens is 2. The molecule has 0 amide bonds. The van der Waals surface area contributed by atoms with Crippen LogP contribution in [0.1, 0.15) is 13.3 Å². The second-order valence-electron chi connectivity index (χ2n) is 3.18. The average molecular weight is 234 g/mol.